The monoisotopic (exact) mass is 363 g/mol. The van der Waals surface area contributed by atoms with Crippen LogP contribution in [0.1, 0.15) is 25.7 Å². The van der Waals surface area contributed by atoms with Gasteiger partial charge in [0.1, 0.15) is 0 Å². The molecule has 0 unspecified atom stereocenters. The van der Waals surface area contributed by atoms with E-state index in [1.165, 1.54) is 41.3 Å². The van der Waals surface area contributed by atoms with E-state index in [1.807, 2.05) is 0 Å². The summed E-state index contributed by atoms with van der Waals surface area (Å²) >= 11 is 0. The molecule has 2 heteroatoms. The summed E-state index contributed by atoms with van der Waals surface area (Å²) in [7, 11) is -2.02. The van der Waals surface area contributed by atoms with E-state index in [4.69, 9.17) is 5.73 Å². The SMILES string of the molecule is NCCCCCC[PH](c1ccccc1)(c1ccccc1)c1ccccc1. The molecule has 0 radical (unpaired) electrons. The van der Waals surface area contributed by atoms with Crippen LogP contribution in [-0.4, -0.2) is 12.7 Å². The summed E-state index contributed by atoms with van der Waals surface area (Å²) < 4.78 is 0. The van der Waals surface area contributed by atoms with Gasteiger partial charge in [0.05, 0.1) is 0 Å². The summed E-state index contributed by atoms with van der Waals surface area (Å²) in [5.74, 6) is 0. The molecule has 0 saturated heterocycles. The Morgan fingerprint density at radius 3 is 1.27 bits per heavy atom. The van der Waals surface area contributed by atoms with Crippen molar-refractivity contribution in [1.29, 1.82) is 0 Å². The number of nitrogens with two attached hydrogens (primary N) is 1. The Balaban J connectivity index is 2.06. The van der Waals surface area contributed by atoms with E-state index in [-0.39, 0.29) is 0 Å². The normalized spacial score (nSPS) is 12.0. The average molecular weight is 363 g/mol. The van der Waals surface area contributed by atoms with Crippen LogP contribution in [0.3, 0.4) is 0 Å². The molecule has 1 nitrogen and oxygen atoms in total. The maximum absolute atomic E-state index is 5.68. The fraction of sp³-hybridized carbons (Fsp3) is 0.250. The Hall–Kier alpha value is -1.95. The molecule has 0 aliphatic rings. The molecule has 0 aromatic heterocycles. The number of rotatable bonds is 9. The van der Waals surface area contributed by atoms with E-state index >= 15 is 0 Å². The van der Waals surface area contributed by atoms with Crippen molar-refractivity contribution < 1.29 is 0 Å². The molecule has 0 amide bonds. The molecule has 3 aromatic carbocycles. The van der Waals surface area contributed by atoms with Crippen LogP contribution in [0.4, 0.5) is 0 Å². The molecule has 0 atom stereocenters. The summed E-state index contributed by atoms with van der Waals surface area (Å²) in [6, 6.07) is 33.6. The van der Waals surface area contributed by atoms with Gasteiger partial charge in [-0.25, -0.2) is 0 Å². The molecule has 0 fully saturated rings. The summed E-state index contributed by atoms with van der Waals surface area (Å²) in [6.45, 7) is 0.804. The molecular weight excluding hydrogens is 333 g/mol. The quantitative estimate of drug-likeness (QED) is 0.447. The van der Waals surface area contributed by atoms with Crippen LogP contribution < -0.4 is 21.6 Å². The van der Waals surface area contributed by atoms with Crippen LogP contribution in [0.15, 0.2) is 91.0 Å². The Bertz CT molecular complexity index is 659. The minimum absolute atomic E-state index is 0.804. The van der Waals surface area contributed by atoms with Gasteiger partial charge in [-0.05, 0) is 0 Å². The molecule has 136 valence electrons. The molecule has 0 heterocycles. The molecule has 0 aliphatic carbocycles. The van der Waals surface area contributed by atoms with Crippen LogP contribution in [0.2, 0.25) is 0 Å². The van der Waals surface area contributed by atoms with E-state index in [9.17, 15) is 0 Å². The van der Waals surface area contributed by atoms with Gasteiger partial charge in [-0.1, -0.05) is 0 Å². The topological polar surface area (TPSA) is 26.0 Å². The zero-order chi connectivity index (χ0) is 18.1. The van der Waals surface area contributed by atoms with E-state index < -0.39 is 7.26 Å². The van der Waals surface area contributed by atoms with Crippen molar-refractivity contribution in [2.75, 3.05) is 12.7 Å². The van der Waals surface area contributed by atoms with Gasteiger partial charge in [-0.3, -0.25) is 0 Å². The third-order valence-corrected chi connectivity index (χ3v) is 10.4. The Morgan fingerprint density at radius 2 is 0.885 bits per heavy atom. The third kappa shape index (κ3) is 4.23. The van der Waals surface area contributed by atoms with Gasteiger partial charge in [0.25, 0.3) is 0 Å². The summed E-state index contributed by atoms with van der Waals surface area (Å²) in [6.07, 6.45) is 6.13. The van der Waals surface area contributed by atoms with E-state index in [0.717, 1.165) is 13.0 Å². The maximum atomic E-state index is 5.68. The number of hydrogen-bond donors (Lipinski definition) is 1. The van der Waals surface area contributed by atoms with Crippen LogP contribution in [0.5, 0.6) is 0 Å². The van der Waals surface area contributed by atoms with Crippen molar-refractivity contribution in [2.45, 2.75) is 25.7 Å². The Morgan fingerprint density at radius 1 is 0.500 bits per heavy atom. The molecule has 3 rings (SSSR count). The molecule has 0 bridgehead atoms. The van der Waals surface area contributed by atoms with Crippen molar-refractivity contribution in [1.82, 2.24) is 0 Å². The number of hydrogen-bond acceptors (Lipinski definition) is 1. The van der Waals surface area contributed by atoms with Gasteiger partial charge < -0.3 is 0 Å². The van der Waals surface area contributed by atoms with Crippen LogP contribution in [0.25, 0.3) is 0 Å². The van der Waals surface area contributed by atoms with Crippen molar-refractivity contribution in [3.63, 3.8) is 0 Å². The van der Waals surface area contributed by atoms with Gasteiger partial charge in [0.2, 0.25) is 0 Å². The Kier molecular flexibility index (Phi) is 7.00. The first-order valence-electron chi connectivity index (χ1n) is 9.74. The molecule has 2 N–H and O–H groups in total. The predicted molar refractivity (Wildman–Crippen MR) is 119 cm³/mol. The van der Waals surface area contributed by atoms with Crippen molar-refractivity contribution in [3.05, 3.63) is 91.0 Å². The van der Waals surface area contributed by atoms with Gasteiger partial charge in [0.15, 0.2) is 0 Å². The summed E-state index contributed by atoms with van der Waals surface area (Å²) in [4.78, 5) is 0. The zero-order valence-corrected chi connectivity index (χ0v) is 16.5. The van der Waals surface area contributed by atoms with Crippen molar-refractivity contribution >= 4 is 23.2 Å². The van der Waals surface area contributed by atoms with Crippen molar-refractivity contribution in [3.8, 4) is 0 Å². The molecule has 0 spiro atoms. The first kappa shape index (κ1) is 18.8. The van der Waals surface area contributed by atoms with Crippen LogP contribution in [0, 0.1) is 0 Å². The van der Waals surface area contributed by atoms with E-state index in [2.05, 4.69) is 91.0 Å². The minimum atomic E-state index is -2.02. The molecular formula is C24H30NP. The number of benzene rings is 3. The van der Waals surface area contributed by atoms with Gasteiger partial charge in [0, 0.05) is 0 Å². The zero-order valence-electron chi connectivity index (χ0n) is 15.5. The van der Waals surface area contributed by atoms with Crippen LogP contribution in [-0.2, 0) is 0 Å². The fourth-order valence-corrected chi connectivity index (χ4v) is 8.92. The molecule has 26 heavy (non-hydrogen) atoms. The second kappa shape index (κ2) is 9.67. The first-order chi connectivity index (χ1) is 12.9. The fourth-order valence-electron chi connectivity index (χ4n) is 3.99. The molecule has 3 aromatic rings. The average Bonchev–Trinajstić information content (AvgIpc) is 2.73. The van der Waals surface area contributed by atoms with Crippen molar-refractivity contribution in [2.24, 2.45) is 5.73 Å². The standard InChI is InChI=1S/C24H30NP/c25-20-12-1-2-13-21-26(22-14-6-3-7-15-22,23-16-8-4-9-17-23)24-18-10-5-11-19-24/h3-11,14-19,26H,1-2,12-13,20-21,25H2. The summed E-state index contributed by atoms with van der Waals surface area (Å²) in [5, 5.41) is 4.53. The van der Waals surface area contributed by atoms with Gasteiger partial charge >= 0.3 is 158 Å². The van der Waals surface area contributed by atoms with Gasteiger partial charge in [-0.2, -0.15) is 0 Å². The second-order valence-corrected chi connectivity index (χ2v) is 11.0. The second-order valence-electron chi connectivity index (χ2n) is 6.96. The van der Waals surface area contributed by atoms with E-state index in [1.54, 1.807) is 0 Å². The third-order valence-electron chi connectivity index (χ3n) is 5.31. The molecule has 0 aliphatic heterocycles. The summed E-state index contributed by atoms with van der Waals surface area (Å²) in [5.41, 5.74) is 5.68. The first-order valence-corrected chi connectivity index (χ1v) is 12.0. The van der Waals surface area contributed by atoms with Gasteiger partial charge in [-0.15, -0.1) is 0 Å². The Labute approximate surface area is 158 Å². The molecule has 0 saturated carbocycles. The predicted octanol–water partition coefficient (Wildman–Crippen LogP) is 4.23. The number of unbranched alkanes of at least 4 members (excludes halogenated alkanes) is 3. The van der Waals surface area contributed by atoms with Crippen LogP contribution >= 0.6 is 7.26 Å². The van der Waals surface area contributed by atoms with E-state index in [0.29, 0.717) is 0 Å².